The van der Waals surface area contributed by atoms with Gasteiger partial charge < -0.3 is 24.5 Å². The molecule has 3 fully saturated rings. The van der Waals surface area contributed by atoms with Gasteiger partial charge in [-0.3, -0.25) is 14.4 Å². The van der Waals surface area contributed by atoms with Crippen LogP contribution in [-0.4, -0.2) is 94.6 Å². The number of unbranched alkanes of at least 4 members (excludes halogenated alkanes) is 1. The Balaban J connectivity index is 2.08. The largest absolute Gasteiger partial charge is 0.396 e. The predicted octanol–water partition coefficient (Wildman–Crippen LogP) is 1.84. The summed E-state index contributed by atoms with van der Waals surface area (Å²) in [6.07, 6.45) is 6.03. The van der Waals surface area contributed by atoms with Gasteiger partial charge in [0.2, 0.25) is 17.7 Å². The number of aliphatic hydroxyl groups excluding tert-OH is 1. The lowest BCUT2D eigenvalue weighted by molar-refractivity contribution is -0.154. The van der Waals surface area contributed by atoms with Crippen molar-refractivity contribution in [2.24, 2.45) is 17.8 Å². The first-order valence-electron chi connectivity index (χ1n) is 12.5. The smallest absolute Gasteiger partial charge is 0.248 e. The van der Waals surface area contributed by atoms with Crippen molar-refractivity contribution in [1.82, 2.24) is 14.7 Å². The number of hydrogen-bond acceptors (Lipinski definition) is 5. The van der Waals surface area contributed by atoms with Gasteiger partial charge in [-0.05, 0) is 32.1 Å². The molecule has 6 atom stereocenters. The van der Waals surface area contributed by atoms with E-state index in [0.717, 1.165) is 12.8 Å². The van der Waals surface area contributed by atoms with Gasteiger partial charge in [0.05, 0.1) is 17.4 Å². The molecular formula is C26H41N3O5. The molecule has 0 aliphatic carbocycles. The topological polar surface area (TPSA) is 90.4 Å². The van der Waals surface area contributed by atoms with E-state index in [1.165, 1.54) is 0 Å². The van der Waals surface area contributed by atoms with Crippen LogP contribution in [0.15, 0.2) is 25.3 Å². The van der Waals surface area contributed by atoms with E-state index < -0.39 is 29.1 Å². The van der Waals surface area contributed by atoms with Crippen LogP contribution < -0.4 is 0 Å². The minimum Gasteiger partial charge on any atom is -0.396 e. The van der Waals surface area contributed by atoms with Gasteiger partial charge in [-0.25, -0.2) is 0 Å². The minimum atomic E-state index is -1.06. The normalized spacial score (nSPS) is 33.7. The first kappa shape index (κ1) is 26.4. The molecule has 34 heavy (non-hydrogen) atoms. The molecule has 3 aliphatic heterocycles. The number of ether oxygens (including phenoxy) is 1. The lowest BCUT2D eigenvalue weighted by Crippen LogP contribution is -2.57. The molecule has 0 aromatic carbocycles. The SMILES string of the molecule is C=CCN(C)C(=O)[C@H]1[C@H]2C(=O)N(CCCO)C(C(=O)N(CC=C)CCCC)C23CC(C)[C@]1(C)O3. The molecule has 3 amide bonds. The van der Waals surface area contributed by atoms with Crippen LogP contribution >= 0.6 is 0 Å². The summed E-state index contributed by atoms with van der Waals surface area (Å²) in [7, 11) is 1.71. The highest BCUT2D eigenvalue weighted by molar-refractivity contribution is 5.99. The number of aliphatic hydroxyl groups is 1. The van der Waals surface area contributed by atoms with Crippen LogP contribution in [0, 0.1) is 17.8 Å². The van der Waals surface area contributed by atoms with Crippen LogP contribution in [0.2, 0.25) is 0 Å². The lowest BCUT2D eigenvalue weighted by atomic mass is 9.62. The fraction of sp³-hybridized carbons (Fsp3) is 0.731. The van der Waals surface area contributed by atoms with E-state index in [-0.39, 0.29) is 36.8 Å². The standard InChI is InChI=1S/C26H41N3O5/c1-7-10-14-28(13-9-3)24(33)21-26-17-18(4)25(5,34-26)19(22(31)27(6)12-8-2)20(26)23(32)29(21)15-11-16-30/h8-9,18-21,30H,2-3,7,10-17H2,1,4-6H3/t18?,19-,20+,21?,25+,26?/m1/s1. The quantitative estimate of drug-likeness (QED) is 0.435. The first-order chi connectivity index (χ1) is 16.1. The molecule has 1 spiro atoms. The Morgan fingerprint density at radius 2 is 1.91 bits per heavy atom. The summed E-state index contributed by atoms with van der Waals surface area (Å²) < 4.78 is 6.72. The van der Waals surface area contributed by atoms with Gasteiger partial charge in [0.25, 0.3) is 0 Å². The van der Waals surface area contributed by atoms with Crippen LogP contribution in [0.1, 0.15) is 46.5 Å². The maximum Gasteiger partial charge on any atom is 0.248 e. The maximum absolute atomic E-state index is 14.0. The van der Waals surface area contributed by atoms with Crippen molar-refractivity contribution in [1.29, 1.82) is 0 Å². The molecule has 3 aliphatic rings. The number of fused-ring (bicyclic) bond motifs is 1. The van der Waals surface area contributed by atoms with Gasteiger partial charge in [0.1, 0.15) is 11.6 Å². The molecule has 8 nitrogen and oxygen atoms in total. The average molecular weight is 476 g/mol. The van der Waals surface area contributed by atoms with Crippen molar-refractivity contribution >= 4 is 17.7 Å². The van der Waals surface area contributed by atoms with Crippen LogP contribution in [0.4, 0.5) is 0 Å². The van der Waals surface area contributed by atoms with Crippen molar-refractivity contribution in [3.63, 3.8) is 0 Å². The van der Waals surface area contributed by atoms with Crippen LogP contribution in [-0.2, 0) is 19.1 Å². The molecule has 8 heteroatoms. The van der Waals surface area contributed by atoms with E-state index in [2.05, 4.69) is 20.1 Å². The van der Waals surface area contributed by atoms with Gasteiger partial charge in [0.15, 0.2) is 0 Å². The highest BCUT2D eigenvalue weighted by Gasteiger charge is 2.80. The third-order valence-corrected chi connectivity index (χ3v) is 8.09. The third-order valence-electron chi connectivity index (χ3n) is 8.09. The number of likely N-dealkylation sites (N-methyl/N-ethyl adjacent to an activating group) is 1. The number of carbonyl (C=O) groups is 3. The monoisotopic (exact) mass is 475 g/mol. The Bertz CT molecular complexity index is 831. The number of amides is 3. The zero-order chi connectivity index (χ0) is 25.3. The van der Waals surface area contributed by atoms with Crippen molar-refractivity contribution < 1.29 is 24.2 Å². The van der Waals surface area contributed by atoms with Crippen LogP contribution in [0.25, 0.3) is 0 Å². The Labute approximate surface area is 203 Å². The molecule has 3 rings (SSSR count). The molecule has 0 aromatic rings. The highest BCUT2D eigenvalue weighted by Crippen LogP contribution is 2.65. The number of likely N-dealkylation sites (tertiary alicyclic amines) is 1. The Hall–Kier alpha value is -2.19. The summed E-state index contributed by atoms with van der Waals surface area (Å²) >= 11 is 0. The molecular weight excluding hydrogens is 434 g/mol. The average Bonchev–Trinajstić information content (AvgIpc) is 3.31. The first-order valence-corrected chi connectivity index (χ1v) is 12.5. The van der Waals surface area contributed by atoms with E-state index in [0.29, 0.717) is 32.5 Å². The van der Waals surface area contributed by atoms with E-state index in [1.54, 1.807) is 33.9 Å². The molecule has 2 bridgehead atoms. The summed E-state index contributed by atoms with van der Waals surface area (Å²) in [4.78, 5) is 46.5. The van der Waals surface area contributed by atoms with E-state index >= 15 is 0 Å². The molecule has 190 valence electrons. The number of rotatable bonds is 12. The van der Waals surface area contributed by atoms with Gasteiger partial charge >= 0.3 is 0 Å². The molecule has 0 aromatic heterocycles. The van der Waals surface area contributed by atoms with Gasteiger partial charge in [-0.15, -0.1) is 13.2 Å². The van der Waals surface area contributed by atoms with E-state index in [9.17, 15) is 19.5 Å². The van der Waals surface area contributed by atoms with Gasteiger partial charge in [-0.1, -0.05) is 32.4 Å². The van der Waals surface area contributed by atoms with Crippen molar-refractivity contribution in [3.8, 4) is 0 Å². The van der Waals surface area contributed by atoms with Crippen molar-refractivity contribution in [3.05, 3.63) is 25.3 Å². The second-order valence-corrected chi connectivity index (χ2v) is 10.2. The summed E-state index contributed by atoms with van der Waals surface area (Å²) in [6.45, 7) is 15.0. The number of carbonyl (C=O) groups excluding carboxylic acids is 3. The second kappa shape index (κ2) is 10.2. The Morgan fingerprint density at radius 1 is 1.24 bits per heavy atom. The molecule has 0 saturated carbocycles. The molecule has 3 saturated heterocycles. The van der Waals surface area contributed by atoms with Gasteiger partial charge in [-0.2, -0.15) is 0 Å². The minimum absolute atomic E-state index is 0.000723. The predicted molar refractivity (Wildman–Crippen MR) is 130 cm³/mol. The molecule has 0 radical (unpaired) electrons. The lowest BCUT2D eigenvalue weighted by Gasteiger charge is -2.38. The number of nitrogens with zero attached hydrogens (tertiary/aromatic N) is 3. The fourth-order valence-electron chi connectivity index (χ4n) is 6.37. The van der Waals surface area contributed by atoms with Crippen LogP contribution in [0.3, 0.4) is 0 Å². The van der Waals surface area contributed by atoms with Crippen molar-refractivity contribution in [2.75, 3.05) is 39.8 Å². The summed E-state index contributed by atoms with van der Waals surface area (Å²) in [5.74, 6) is -1.94. The van der Waals surface area contributed by atoms with E-state index in [1.807, 2.05) is 13.8 Å². The third kappa shape index (κ3) is 3.98. The van der Waals surface area contributed by atoms with Crippen molar-refractivity contribution in [2.45, 2.75) is 63.7 Å². The van der Waals surface area contributed by atoms with Crippen LogP contribution in [0.5, 0.6) is 0 Å². The highest BCUT2D eigenvalue weighted by atomic mass is 16.5. The van der Waals surface area contributed by atoms with Gasteiger partial charge in [0, 0.05) is 39.8 Å². The fourth-order valence-corrected chi connectivity index (χ4v) is 6.37. The summed E-state index contributed by atoms with van der Waals surface area (Å²) in [5, 5.41) is 9.49. The summed E-state index contributed by atoms with van der Waals surface area (Å²) in [5.41, 5.74) is -1.89. The Kier molecular flexibility index (Phi) is 7.92. The molecule has 3 heterocycles. The zero-order valence-corrected chi connectivity index (χ0v) is 21.2. The maximum atomic E-state index is 14.0. The van der Waals surface area contributed by atoms with E-state index in [4.69, 9.17) is 4.74 Å². The number of hydrogen-bond donors (Lipinski definition) is 1. The summed E-state index contributed by atoms with van der Waals surface area (Å²) in [6, 6.07) is -0.819. The second-order valence-electron chi connectivity index (χ2n) is 10.2. The Morgan fingerprint density at radius 3 is 2.50 bits per heavy atom. The zero-order valence-electron chi connectivity index (χ0n) is 21.2. The molecule has 1 N–H and O–H groups in total. The molecule has 3 unspecified atom stereocenters.